The van der Waals surface area contributed by atoms with Crippen LogP contribution in [0.25, 0.3) is 0 Å². The highest BCUT2D eigenvalue weighted by Crippen LogP contribution is 2.51. The lowest BCUT2D eigenvalue weighted by molar-refractivity contribution is -0.314. The number of carbonyl (C=O) groups excluding carboxylic acids is 2. The summed E-state index contributed by atoms with van der Waals surface area (Å²) < 4.78 is 44.7. The van der Waals surface area contributed by atoms with Crippen LogP contribution in [0.2, 0.25) is 0 Å². The molecular formula is C40H70N2O14. The van der Waals surface area contributed by atoms with Crippen LogP contribution in [0.1, 0.15) is 81.6 Å². The molecule has 324 valence electrons. The standard InChI is InChI=1S/C40H70N2O14/c1-19-16-39(9,51-14)34(56-37-29(41(10)11)26(15-20(2)52-37)42(12)18-27(43)44)22(4)31(54-28-17-38(8,50-13)33(47)25(7)53-28)23(5)36(48)55-35-24(6)40(35,49)32(46)21(3)30(19)45/h19-26,28-29,31-35,37,46-47,49H,15-18H2,1-14H3,(H,43,44)/t19-,20-,21+,22+,23-,24?,25+,26-,28+,29+,31+,32-,33+,34-,35-,37+,38-,39+,40+/m1/s1. The minimum absolute atomic E-state index is 0.111. The molecule has 0 spiro atoms. The van der Waals surface area contributed by atoms with Crippen LogP contribution < -0.4 is 0 Å². The molecule has 0 radical (unpaired) electrons. The van der Waals surface area contributed by atoms with Gasteiger partial charge in [-0.3, -0.25) is 19.3 Å². The summed E-state index contributed by atoms with van der Waals surface area (Å²) in [5, 5.41) is 43.7. The van der Waals surface area contributed by atoms with E-state index >= 15 is 0 Å². The number of carboxylic acids is 1. The van der Waals surface area contributed by atoms with Crippen molar-refractivity contribution in [1.82, 2.24) is 9.80 Å². The molecule has 16 nitrogen and oxygen atoms in total. The normalized spacial score (nSPS) is 48.3. The van der Waals surface area contributed by atoms with Crippen molar-refractivity contribution in [3.63, 3.8) is 0 Å². The fraction of sp³-hybridized carbons (Fsp3) is 0.925. The molecule has 0 aromatic heterocycles. The maximum absolute atomic E-state index is 14.2. The molecule has 3 saturated heterocycles. The molecule has 4 N–H and O–H groups in total. The molecule has 16 heteroatoms. The quantitative estimate of drug-likeness (QED) is 0.232. The average Bonchev–Trinajstić information content (AvgIpc) is 3.66. The van der Waals surface area contributed by atoms with E-state index in [1.807, 2.05) is 39.8 Å². The molecule has 1 saturated carbocycles. The first-order valence-corrected chi connectivity index (χ1v) is 20.0. The molecule has 4 aliphatic rings. The third kappa shape index (κ3) is 9.15. The Labute approximate surface area is 332 Å². The number of methoxy groups -OCH3 is 2. The number of ketones is 1. The van der Waals surface area contributed by atoms with Crippen LogP contribution >= 0.6 is 0 Å². The Balaban J connectivity index is 1.86. The van der Waals surface area contributed by atoms with Gasteiger partial charge in [0.25, 0.3) is 0 Å². The zero-order valence-electron chi connectivity index (χ0n) is 35.8. The summed E-state index contributed by atoms with van der Waals surface area (Å²) in [7, 11) is 8.51. The number of Topliss-reactive ketones (excluding diaryl/α,β-unsaturated/α-hetero) is 1. The fourth-order valence-corrected chi connectivity index (χ4v) is 9.66. The summed E-state index contributed by atoms with van der Waals surface area (Å²) in [5.41, 5.74) is -4.13. The van der Waals surface area contributed by atoms with Gasteiger partial charge in [-0.1, -0.05) is 27.7 Å². The lowest BCUT2D eigenvalue weighted by atomic mass is 9.75. The molecule has 0 amide bonds. The van der Waals surface area contributed by atoms with Crippen molar-refractivity contribution in [3.05, 3.63) is 0 Å². The molecular weight excluding hydrogens is 732 g/mol. The second-order valence-corrected chi connectivity index (χ2v) is 17.9. The number of ether oxygens (including phenoxy) is 7. The van der Waals surface area contributed by atoms with Crippen molar-refractivity contribution in [2.75, 3.05) is 41.9 Å². The third-order valence-electron chi connectivity index (χ3n) is 13.5. The zero-order chi connectivity index (χ0) is 42.4. The van der Waals surface area contributed by atoms with E-state index in [0.717, 1.165) is 0 Å². The van der Waals surface area contributed by atoms with Crippen LogP contribution in [0, 0.1) is 29.6 Å². The van der Waals surface area contributed by atoms with E-state index in [1.165, 1.54) is 14.2 Å². The Bertz CT molecular complexity index is 1390. The number of likely N-dealkylation sites (N-methyl/N-ethyl adjacent to an activating group) is 2. The van der Waals surface area contributed by atoms with Crippen LogP contribution in [0.3, 0.4) is 0 Å². The van der Waals surface area contributed by atoms with Gasteiger partial charge in [0.2, 0.25) is 0 Å². The van der Waals surface area contributed by atoms with Crippen molar-refractivity contribution in [3.8, 4) is 0 Å². The molecule has 0 aromatic carbocycles. The molecule has 1 aliphatic carbocycles. The first-order chi connectivity index (χ1) is 25.9. The van der Waals surface area contributed by atoms with Crippen molar-refractivity contribution in [1.29, 1.82) is 0 Å². The SMILES string of the molecule is CO[C@]1(C)C[C@H](O[C@H]2[C@H](C)[C@@H](O[C@@H]3O[C@H](C)C[C@@H](N(C)CC(=O)O)[C@@H]3N(C)C)[C@@](C)(OC)C[C@@H](C)C(=O)[C@H](C)[C@@H](O)[C@@]3(O)C(C)[C@H]3OC(=O)[C@@H]2C)O[C@@H](C)[C@@H]1O. The van der Waals surface area contributed by atoms with Crippen LogP contribution in [-0.2, 0) is 47.5 Å². The minimum Gasteiger partial charge on any atom is -0.480 e. The number of aliphatic hydroxyl groups excluding tert-OH is 2. The van der Waals surface area contributed by atoms with Gasteiger partial charge in [-0.15, -0.1) is 0 Å². The minimum atomic E-state index is -1.83. The van der Waals surface area contributed by atoms with Gasteiger partial charge in [-0.2, -0.15) is 0 Å². The summed E-state index contributed by atoms with van der Waals surface area (Å²) in [6, 6.07) is -0.760. The molecule has 3 aliphatic heterocycles. The van der Waals surface area contributed by atoms with Crippen LogP contribution in [0.5, 0.6) is 0 Å². The van der Waals surface area contributed by atoms with Gasteiger partial charge in [0.1, 0.15) is 23.6 Å². The number of aliphatic carboxylic acids is 1. The average molecular weight is 803 g/mol. The molecule has 0 bridgehead atoms. The molecule has 4 fully saturated rings. The first-order valence-electron chi connectivity index (χ1n) is 20.0. The number of aliphatic hydroxyl groups is 3. The summed E-state index contributed by atoms with van der Waals surface area (Å²) in [6.45, 7) is 15.5. The van der Waals surface area contributed by atoms with Gasteiger partial charge in [-0.25, -0.2) is 0 Å². The smallest absolute Gasteiger partial charge is 0.317 e. The number of carbonyl (C=O) groups is 3. The van der Waals surface area contributed by atoms with E-state index in [4.69, 9.17) is 33.2 Å². The summed E-state index contributed by atoms with van der Waals surface area (Å²) in [4.78, 5) is 43.8. The predicted octanol–water partition coefficient (Wildman–Crippen LogP) is 1.68. The van der Waals surface area contributed by atoms with Gasteiger partial charge >= 0.3 is 11.9 Å². The number of nitrogens with zero attached hydrogens (tertiary/aromatic N) is 2. The van der Waals surface area contributed by atoms with Gasteiger partial charge in [-0.05, 0) is 68.6 Å². The van der Waals surface area contributed by atoms with E-state index in [2.05, 4.69) is 0 Å². The van der Waals surface area contributed by atoms with E-state index in [-0.39, 0.29) is 37.3 Å². The lowest BCUT2D eigenvalue weighted by Crippen LogP contribution is -2.64. The topological polar surface area (TPSA) is 203 Å². The molecule has 1 unspecified atom stereocenters. The predicted molar refractivity (Wildman–Crippen MR) is 202 cm³/mol. The molecule has 3 heterocycles. The van der Waals surface area contributed by atoms with Gasteiger partial charge in [0, 0.05) is 50.4 Å². The summed E-state index contributed by atoms with van der Waals surface area (Å²) in [6.07, 6.45) is -7.67. The van der Waals surface area contributed by atoms with Crippen molar-refractivity contribution in [2.24, 2.45) is 29.6 Å². The van der Waals surface area contributed by atoms with E-state index in [9.17, 15) is 34.8 Å². The van der Waals surface area contributed by atoms with Crippen LogP contribution in [0.15, 0.2) is 0 Å². The second-order valence-electron chi connectivity index (χ2n) is 17.9. The fourth-order valence-electron chi connectivity index (χ4n) is 9.66. The van der Waals surface area contributed by atoms with Crippen LogP contribution in [0.4, 0.5) is 0 Å². The number of hydrogen-bond donors (Lipinski definition) is 4. The number of fused-ring (bicyclic) bond motifs is 1. The zero-order valence-corrected chi connectivity index (χ0v) is 35.8. The number of hydrogen-bond acceptors (Lipinski definition) is 15. The van der Waals surface area contributed by atoms with E-state index in [1.54, 1.807) is 53.5 Å². The number of esters is 1. The van der Waals surface area contributed by atoms with Gasteiger partial charge in [0.15, 0.2) is 12.6 Å². The largest absolute Gasteiger partial charge is 0.480 e. The second kappa shape index (κ2) is 17.8. The van der Waals surface area contributed by atoms with Gasteiger partial charge < -0.3 is 58.5 Å². The summed E-state index contributed by atoms with van der Waals surface area (Å²) >= 11 is 0. The van der Waals surface area contributed by atoms with E-state index in [0.29, 0.717) is 6.42 Å². The Morgan fingerprint density at radius 1 is 0.875 bits per heavy atom. The van der Waals surface area contributed by atoms with E-state index < -0.39 is 114 Å². The molecule has 4 rings (SSSR count). The Morgan fingerprint density at radius 3 is 2.04 bits per heavy atom. The van der Waals surface area contributed by atoms with Gasteiger partial charge in [0.05, 0.1) is 60.2 Å². The van der Waals surface area contributed by atoms with Crippen molar-refractivity contribution < 1.29 is 68.0 Å². The molecule has 19 atom stereocenters. The lowest BCUT2D eigenvalue weighted by Gasteiger charge is -2.51. The van der Waals surface area contributed by atoms with Crippen molar-refractivity contribution >= 4 is 17.7 Å². The highest BCUT2D eigenvalue weighted by molar-refractivity contribution is 5.84. The number of carboxylic acid groups (broad SMARTS) is 1. The Morgan fingerprint density at radius 2 is 1.48 bits per heavy atom. The highest BCUT2D eigenvalue weighted by atomic mass is 16.7. The number of rotatable bonds is 10. The Hall–Kier alpha value is -1.83. The van der Waals surface area contributed by atoms with Crippen molar-refractivity contribution in [2.45, 2.75) is 166 Å². The van der Waals surface area contributed by atoms with Crippen LogP contribution in [-0.4, -0.2) is 174 Å². The maximum atomic E-state index is 14.2. The monoisotopic (exact) mass is 802 g/mol. The first kappa shape index (κ1) is 46.9. The third-order valence-corrected chi connectivity index (χ3v) is 13.5. The highest BCUT2D eigenvalue weighted by Gasteiger charge is 2.70. The maximum Gasteiger partial charge on any atom is 0.317 e. The summed E-state index contributed by atoms with van der Waals surface area (Å²) in [5.74, 6) is -6.05. The molecule has 0 aromatic rings. The molecule has 56 heavy (non-hydrogen) atoms. The Kier molecular flexibility index (Phi) is 14.9.